The van der Waals surface area contributed by atoms with Gasteiger partial charge in [-0.2, -0.15) is 4.98 Å². The molecule has 3 aliphatic rings. The van der Waals surface area contributed by atoms with E-state index in [0.717, 1.165) is 37.1 Å². The summed E-state index contributed by atoms with van der Waals surface area (Å²) in [5, 5.41) is 14.7. The molecule has 2 bridgehead atoms. The molecule has 3 saturated heterocycles. The number of hydrogen-bond acceptors (Lipinski definition) is 5. The maximum atomic E-state index is 10.8. The van der Waals surface area contributed by atoms with E-state index in [-0.39, 0.29) is 0 Å². The van der Waals surface area contributed by atoms with Crippen molar-refractivity contribution in [2.75, 3.05) is 19.6 Å². The number of nitrogens with zero attached hydrogens (tertiary/aromatic N) is 3. The third-order valence-corrected chi connectivity index (χ3v) is 4.82. The molecule has 0 radical (unpaired) electrons. The van der Waals surface area contributed by atoms with Crippen LogP contribution in [0.1, 0.15) is 24.3 Å². The van der Waals surface area contributed by atoms with Crippen molar-refractivity contribution < 1.29 is 9.63 Å². The topological polar surface area (TPSA) is 62.4 Å². The van der Waals surface area contributed by atoms with Crippen molar-refractivity contribution >= 4 is 0 Å². The maximum absolute atomic E-state index is 10.8. The second-order valence-electron chi connectivity index (χ2n) is 6.44. The predicted octanol–water partition coefficient (Wildman–Crippen LogP) is 1.85. The van der Waals surface area contributed by atoms with E-state index in [1.807, 2.05) is 24.3 Å². The van der Waals surface area contributed by atoms with Gasteiger partial charge >= 0.3 is 0 Å². The summed E-state index contributed by atoms with van der Waals surface area (Å²) in [5.41, 5.74) is 0.924. The summed E-state index contributed by atoms with van der Waals surface area (Å²) >= 11 is 0. The number of fused-ring (bicyclic) bond motifs is 3. The summed E-state index contributed by atoms with van der Waals surface area (Å²) in [5.74, 6) is 7.69. The smallest absolute Gasteiger partial charge is 0.223 e. The van der Waals surface area contributed by atoms with Crippen LogP contribution in [0.25, 0.3) is 11.4 Å². The fraction of sp³-hybridized carbons (Fsp3) is 0.444. The van der Waals surface area contributed by atoms with E-state index in [0.29, 0.717) is 24.2 Å². The summed E-state index contributed by atoms with van der Waals surface area (Å²) in [4.78, 5) is 6.51. The van der Waals surface area contributed by atoms with Crippen LogP contribution >= 0.6 is 0 Å². The first-order valence-corrected chi connectivity index (χ1v) is 8.01. The van der Waals surface area contributed by atoms with Crippen molar-refractivity contribution in [3.63, 3.8) is 0 Å². The van der Waals surface area contributed by atoms with Crippen LogP contribution in [-0.4, -0.2) is 45.4 Å². The van der Waals surface area contributed by atoms with Gasteiger partial charge in [0.2, 0.25) is 11.7 Å². The Balaban J connectivity index is 1.54. The molecule has 0 spiro atoms. The molecule has 1 unspecified atom stereocenters. The SMILES string of the molecule is Cc1nc(-c2ccc(C#CC3(O)CN4CCC3CC4)cc2)no1. The Hall–Kier alpha value is -2.16. The molecule has 5 heteroatoms. The minimum atomic E-state index is -0.861. The molecule has 23 heavy (non-hydrogen) atoms. The molecule has 3 aliphatic heterocycles. The van der Waals surface area contributed by atoms with Crippen molar-refractivity contribution in [2.24, 2.45) is 5.92 Å². The lowest BCUT2D eigenvalue weighted by atomic mass is 9.76. The zero-order chi connectivity index (χ0) is 15.9. The number of piperidine rings is 3. The van der Waals surface area contributed by atoms with Gasteiger partial charge in [-0.25, -0.2) is 0 Å². The van der Waals surface area contributed by atoms with Gasteiger partial charge in [-0.1, -0.05) is 17.0 Å². The third-order valence-electron chi connectivity index (χ3n) is 4.82. The number of benzene rings is 1. The lowest BCUT2D eigenvalue weighted by molar-refractivity contribution is -0.0713. The Morgan fingerprint density at radius 3 is 2.57 bits per heavy atom. The third kappa shape index (κ3) is 2.76. The zero-order valence-electron chi connectivity index (χ0n) is 13.1. The molecule has 1 aromatic heterocycles. The first-order valence-electron chi connectivity index (χ1n) is 8.01. The maximum Gasteiger partial charge on any atom is 0.223 e. The van der Waals surface area contributed by atoms with Crippen molar-refractivity contribution in [3.05, 3.63) is 35.7 Å². The highest BCUT2D eigenvalue weighted by molar-refractivity contribution is 5.56. The minimum absolute atomic E-state index is 0.307. The molecule has 3 fully saturated rings. The van der Waals surface area contributed by atoms with E-state index in [1.54, 1.807) is 6.92 Å². The molecule has 4 heterocycles. The van der Waals surface area contributed by atoms with E-state index in [1.165, 1.54) is 0 Å². The fourth-order valence-corrected chi connectivity index (χ4v) is 3.48. The molecule has 5 rings (SSSR count). The second-order valence-corrected chi connectivity index (χ2v) is 6.44. The summed E-state index contributed by atoms with van der Waals surface area (Å²) in [6.07, 6.45) is 2.09. The molecular formula is C18H19N3O2. The number of rotatable bonds is 1. The van der Waals surface area contributed by atoms with Gasteiger partial charge in [0.05, 0.1) is 0 Å². The molecule has 2 aromatic rings. The van der Waals surface area contributed by atoms with Crippen molar-refractivity contribution in [1.29, 1.82) is 0 Å². The highest BCUT2D eigenvalue weighted by Gasteiger charge is 2.44. The van der Waals surface area contributed by atoms with Crippen LogP contribution in [0.15, 0.2) is 28.8 Å². The van der Waals surface area contributed by atoms with Gasteiger partial charge in [0.25, 0.3) is 0 Å². The second kappa shape index (κ2) is 5.48. The lowest BCUT2D eigenvalue weighted by Gasteiger charge is -2.47. The van der Waals surface area contributed by atoms with Gasteiger partial charge in [-0.3, -0.25) is 4.90 Å². The number of aryl methyl sites for hydroxylation is 1. The van der Waals surface area contributed by atoms with Gasteiger partial charge in [0.1, 0.15) is 5.60 Å². The van der Waals surface area contributed by atoms with E-state index < -0.39 is 5.60 Å². The molecule has 1 aromatic carbocycles. The summed E-state index contributed by atoms with van der Waals surface area (Å²) in [7, 11) is 0. The van der Waals surface area contributed by atoms with Crippen molar-refractivity contribution in [1.82, 2.24) is 15.0 Å². The lowest BCUT2D eigenvalue weighted by Crippen LogP contribution is -2.58. The Bertz CT molecular complexity index is 764. The summed E-state index contributed by atoms with van der Waals surface area (Å²) in [6.45, 7) is 4.62. The fourth-order valence-electron chi connectivity index (χ4n) is 3.48. The first kappa shape index (κ1) is 14.4. The van der Waals surface area contributed by atoms with Crippen molar-refractivity contribution in [3.8, 4) is 23.2 Å². The number of aliphatic hydroxyl groups is 1. The van der Waals surface area contributed by atoms with Gasteiger partial charge < -0.3 is 9.63 Å². The quantitative estimate of drug-likeness (QED) is 0.815. The van der Waals surface area contributed by atoms with Gasteiger partial charge in [-0.05, 0) is 50.2 Å². The molecule has 0 saturated carbocycles. The molecule has 1 N–H and O–H groups in total. The van der Waals surface area contributed by atoms with Gasteiger partial charge in [-0.15, -0.1) is 0 Å². The van der Waals surface area contributed by atoms with E-state index in [2.05, 4.69) is 26.9 Å². The molecule has 1 atom stereocenters. The van der Waals surface area contributed by atoms with Crippen LogP contribution in [-0.2, 0) is 0 Å². The van der Waals surface area contributed by atoms with Gasteiger partial charge in [0.15, 0.2) is 0 Å². The van der Waals surface area contributed by atoms with E-state index >= 15 is 0 Å². The molecule has 0 aliphatic carbocycles. The number of aromatic nitrogens is 2. The molecule has 118 valence electrons. The van der Waals surface area contributed by atoms with Crippen LogP contribution in [0.5, 0.6) is 0 Å². The standard InChI is InChI=1S/C18H19N3O2/c1-13-19-17(20-23-13)15-4-2-14(3-5-15)6-9-18(22)12-21-10-7-16(18)8-11-21/h2-5,16,22H,7-8,10-12H2,1H3. The van der Waals surface area contributed by atoms with Gasteiger partial charge in [0, 0.05) is 30.5 Å². The van der Waals surface area contributed by atoms with Crippen LogP contribution in [0.2, 0.25) is 0 Å². The molecule has 5 nitrogen and oxygen atoms in total. The van der Waals surface area contributed by atoms with E-state index in [9.17, 15) is 5.11 Å². The normalized spacial score (nSPS) is 29.1. The summed E-state index contributed by atoms with van der Waals surface area (Å²) < 4.78 is 4.99. The highest BCUT2D eigenvalue weighted by atomic mass is 16.5. The monoisotopic (exact) mass is 309 g/mol. The average Bonchev–Trinajstić information content (AvgIpc) is 3.01. The predicted molar refractivity (Wildman–Crippen MR) is 85.5 cm³/mol. The zero-order valence-corrected chi connectivity index (χ0v) is 13.1. The van der Waals surface area contributed by atoms with Crippen LogP contribution < -0.4 is 0 Å². The Morgan fingerprint density at radius 2 is 2.00 bits per heavy atom. The van der Waals surface area contributed by atoms with Crippen LogP contribution in [0, 0.1) is 24.7 Å². The van der Waals surface area contributed by atoms with Crippen LogP contribution in [0.4, 0.5) is 0 Å². The van der Waals surface area contributed by atoms with Crippen molar-refractivity contribution in [2.45, 2.75) is 25.4 Å². The Morgan fingerprint density at radius 1 is 1.26 bits per heavy atom. The Kier molecular flexibility index (Phi) is 3.44. The number of hydrogen-bond donors (Lipinski definition) is 1. The highest BCUT2D eigenvalue weighted by Crippen LogP contribution is 2.35. The first-order chi connectivity index (χ1) is 11.1. The van der Waals surface area contributed by atoms with E-state index in [4.69, 9.17) is 4.52 Å². The average molecular weight is 309 g/mol. The Labute approximate surface area is 135 Å². The minimum Gasteiger partial charge on any atom is -0.376 e. The molecule has 0 amide bonds. The van der Waals surface area contributed by atoms with Crippen LogP contribution in [0.3, 0.4) is 0 Å². The molecular weight excluding hydrogens is 290 g/mol. The largest absolute Gasteiger partial charge is 0.376 e. The summed E-state index contributed by atoms with van der Waals surface area (Å²) in [6, 6.07) is 7.71.